The maximum absolute atomic E-state index is 11.5. The van der Waals surface area contributed by atoms with Crippen LogP contribution in [0.2, 0.25) is 0 Å². The van der Waals surface area contributed by atoms with E-state index >= 15 is 0 Å². The van der Waals surface area contributed by atoms with Gasteiger partial charge in [-0.1, -0.05) is 13.8 Å². The summed E-state index contributed by atoms with van der Waals surface area (Å²) < 4.78 is 1.73. The summed E-state index contributed by atoms with van der Waals surface area (Å²) in [7, 11) is 0. The highest BCUT2D eigenvalue weighted by Gasteiger charge is 2.17. The minimum absolute atomic E-state index is 0.145. The van der Waals surface area contributed by atoms with Crippen LogP contribution in [0.3, 0.4) is 0 Å². The normalized spacial score (nSPS) is 11.2. The molecule has 0 fully saturated rings. The molecule has 3 heterocycles. The van der Waals surface area contributed by atoms with E-state index in [-0.39, 0.29) is 11.5 Å². The van der Waals surface area contributed by atoms with Gasteiger partial charge >= 0.3 is 5.97 Å². The minimum atomic E-state index is -0.960. The molecule has 0 aliphatic heterocycles. The van der Waals surface area contributed by atoms with Crippen molar-refractivity contribution in [2.45, 2.75) is 26.3 Å². The number of aromatic nitrogens is 4. The van der Waals surface area contributed by atoms with Crippen molar-refractivity contribution in [2.75, 3.05) is 0 Å². The number of carboxylic acids is 1. The second-order valence-corrected chi connectivity index (χ2v) is 5.45. The zero-order valence-corrected chi connectivity index (χ0v) is 12.4. The van der Waals surface area contributed by atoms with Crippen molar-refractivity contribution in [3.05, 3.63) is 53.6 Å². The first-order valence-electron chi connectivity index (χ1n) is 7.05. The summed E-state index contributed by atoms with van der Waals surface area (Å²) >= 11 is 0. The van der Waals surface area contributed by atoms with Gasteiger partial charge in [0.1, 0.15) is 0 Å². The van der Waals surface area contributed by atoms with E-state index in [1.54, 1.807) is 29.3 Å². The van der Waals surface area contributed by atoms with Gasteiger partial charge in [0.2, 0.25) is 0 Å². The number of hydrogen-bond donors (Lipinski definition) is 1. The number of carbonyl (C=O) groups is 1. The van der Waals surface area contributed by atoms with Gasteiger partial charge < -0.3 is 5.11 Å². The molecule has 0 bridgehead atoms. The molecular weight excluding hydrogens is 280 g/mol. The Hall–Kier alpha value is -2.76. The van der Waals surface area contributed by atoms with Gasteiger partial charge in [-0.25, -0.2) is 14.5 Å². The van der Waals surface area contributed by atoms with Crippen molar-refractivity contribution in [1.29, 1.82) is 0 Å². The Balaban J connectivity index is 2.14. The van der Waals surface area contributed by atoms with Crippen LogP contribution in [0.5, 0.6) is 0 Å². The van der Waals surface area contributed by atoms with Crippen LogP contribution in [0.25, 0.3) is 11.0 Å². The smallest absolute Gasteiger partial charge is 0.336 e. The molecule has 6 heteroatoms. The molecule has 3 aromatic heterocycles. The predicted molar refractivity (Wildman–Crippen MR) is 81.9 cm³/mol. The van der Waals surface area contributed by atoms with E-state index in [9.17, 15) is 9.90 Å². The van der Waals surface area contributed by atoms with E-state index in [1.165, 1.54) is 0 Å². The Kier molecular flexibility index (Phi) is 3.58. The second kappa shape index (κ2) is 5.55. The van der Waals surface area contributed by atoms with Crippen molar-refractivity contribution in [3.63, 3.8) is 0 Å². The Morgan fingerprint density at radius 2 is 2.05 bits per heavy atom. The fraction of sp³-hybridized carbons (Fsp3) is 0.250. The summed E-state index contributed by atoms with van der Waals surface area (Å²) in [5.74, 6) is -0.815. The van der Waals surface area contributed by atoms with Crippen LogP contribution in [0.1, 0.15) is 41.4 Å². The van der Waals surface area contributed by atoms with Gasteiger partial charge in [-0.05, 0) is 29.7 Å². The lowest BCUT2D eigenvalue weighted by Crippen LogP contribution is -2.06. The van der Waals surface area contributed by atoms with Crippen molar-refractivity contribution < 1.29 is 9.90 Å². The van der Waals surface area contributed by atoms with Gasteiger partial charge in [0.05, 0.1) is 23.7 Å². The fourth-order valence-electron chi connectivity index (χ4n) is 2.32. The Labute approximate surface area is 127 Å². The molecule has 0 amide bonds. The van der Waals surface area contributed by atoms with Gasteiger partial charge in [-0.15, -0.1) is 0 Å². The standard InChI is InChI=1S/C16H16N4O2/c1-10(2)14-7-12(16(21)22)13-8-18-20(15(13)19-14)9-11-3-5-17-6-4-11/h3-8,10H,9H2,1-2H3,(H,21,22). The molecule has 0 aromatic carbocycles. The number of rotatable bonds is 4. The topological polar surface area (TPSA) is 80.9 Å². The van der Waals surface area contributed by atoms with E-state index in [1.807, 2.05) is 26.0 Å². The van der Waals surface area contributed by atoms with Gasteiger partial charge in [0.25, 0.3) is 0 Å². The average molecular weight is 296 g/mol. The molecule has 0 saturated carbocycles. The first kappa shape index (κ1) is 14.2. The maximum Gasteiger partial charge on any atom is 0.336 e. The molecule has 0 saturated heterocycles. The summed E-state index contributed by atoms with van der Waals surface area (Å²) in [5.41, 5.74) is 2.63. The van der Waals surface area contributed by atoms with Crippen LogP contribution in [0, 0.1) is 0 Å². The van der Waals surface area contributed by atoms with Crippen LogP contribution in [0.4, 0.5) is 0 Å². The quantitative estimate of drug-likeness (QED) is 0.800. The molecule has 0 aliphatic rings. The van der Waals surface area contributed by atoms with Gasteiger partial charge in [0.15, 0.2) is 5.65 Å². The molecule has 0 unspecified atom stereocenters. The Bertz CT molecular complexity index is 825. The van der Waals surface area contributed by atoms with Crippen LogP contribution < -0.4 is 0 Å². The molecular formula is C16H16N4O2. The largest absolute Gasteiger partial charge is 0.478 e. The molecule has 1 N–H and O–H groups in total. The number of pyridine rings is 2. The second-order valence-electron chi connectivity index (χ2n) is 5.45. The molecule has 6 nitrogen and oxygen atoms in total. The molecule has 0 spiro atoms. The van der Waals surface area contributed by atoms with Crippen LogP contribution >= 0.6 is 0 Å². The summed E-state index contributed by atoms with van der Waals surface area (Å²) in [6.07, 6.45) is 5.00. The number of fused-ring (bicyclic) bond motifs is 1. The van der Waals surface area contributed by atoms with Gasteiger partial charge in [-0.2, -0.15) is 5.10 Å². The summed E-state index contributed by atoms with van der Waals surface area (Å²) in [5, 5.41) is 14.3. The predicted octanol–water partition coefficient (Wildman–Crippen LogP) is 2.70. The van der Waals surface area contributed by atoms with Crippen molar-refractivity contribution in [1.82, 2.24) is 19.7 Å². The SMILES string of the molecule is CC(C)c1cc(C(=O)O)c2cnn(Cc3ccncc3)c2n1. The highest BCUT2D eigenvalue weighted by atomic mass is 16.4. The van der Waals surface area contributed by atoms with E-state index in [4.69, 9.17) is 0 Å². The summed E-state index contributed by atoms with van der Waals surface area (Å²) in [6.45, 7) is 4.51. The molecule has 0 radical (unpaired) electrons. The summed E-state index contributed by atoms with van der Waals surface area (Å²) in [6, 6.07) is 5.43. The fourth-order valence-corrected chi connectivity index (χ4v) is 2.32. The molecule has 3 rings (SSSR count). The number of hydrogen-bond acceptors (Lipinski definition) is 4. The van der Waals surface area contributed by atoms with E-state index < -0.39 is 5.97 Å². The zero-order chi connectivity index (χ0) is 15.7. The third-order valence-corrected chi connectivity index (χ3v) is 3.53. The lowest BCUT2D eigenvalue weighted by Gasteiger charge is -2.09. The average Bonchev–Trinajstić information content (AvgIpc) is 2.90. The van der Waals surface area contributed by atoms with Crippen molar-refractivity contribution >= 4 is 17.0 Å². The third-order valence-electron chi connectivity index (χ3n) is 3.53. The Morgan fingerprint density at radius 3 is 2.68 bits per heavy atom. The number of aromatic carboxylic acids is 1. The van der Waals surface area contributed by atoms with E-state index in [0.29, 0.717) is 17.6 Å². The van der Waals surface area contributed by atoms with E-state index in [0.717, 1.165) is 11.3 Å². The molecule has 22 heavy (non-hydrogen) atoms. The minimum Gasteiger partial charge on any atom is -0.478 e. The lowest BCUT2D eigenvalue weighted by molar-refractivity contribution is 0.0699. The van der Waals surface area contributed by atoms with Gasteiger partial charge in [0, 0.05) is 18.1 Å². The summed E-state index contributed by atoms with van der Waals surface area (Å²) in [4.78, 5) is 20.1. The third kappa shape index (κ3) is 2.55. The molecule has 112 valence electrons. The van der Waals surface area contributed by atoms with E-state index in [2.05, 4.69) is 15.1 Å². The molecule has 0 atom stereocenters. The van der Waals surface area contributed by atoms with Crippen LogP contribution in [-0.2, 0) is 6.54 Å². The van der Waals surface area contributed by atoms with Crippen molar-refractivity contribution in [3.8, 4) is 0 Å². The number of carboxylic acid groups (broad SMARTS) is 1. The van der Waals surface area contributed by atoms with Crippen LogP contribution in [-0.4, -0.2) is 30.8 Å². The number of nitrogens with zero attached hydrogens (tertiary/aromatic N) is 4. The highest BCUT2D eigenvalue weighted by molar-refractivity contribution is 6.01. The molecule has 3 aromatic rings. The first-order chi connectivity index (χ1) is 10.6. The first-order valence-corrected chi connectivity index (χ1v) is 7.05. The molecule has 0 aliphatic carbocycles. The lowest BCUT2D eigenvalue weighted by atomic mass is 10.1. The monoisotopic (exact) mass is 296 g/mol. The highest BCUT2D eigenvalue weighted by Crippen LogP contribution is 2.23. The van der Waals surface area contributed by atoms with Crippen LogP contribution in [0.15, 0.2) is 36.8 Å². The maximum atomic E-state index is 11.5. The zero-order valence-electron chi connectivity index (χ0n) is 12.4. The Morgan fingerprint density at radius 1 is 1.32 bits per heavy atom. The van der Waals surface area contributed by atoms with Gasteiger partial charge in [-0.3, -0.25) is 4.98 Å². The van der Waals surface area contributed by atoms with Crippen molar-refractivity contribution in [2.24, 2.45) is 0 Å².